The Morgan fingerprint density at radius 1 is 0.690 bits per heavy atom. The van der Waals surface area contributed by atoms with Crippen LogP contribution < -0.4 is 9.44 Å². The Kier molecular flexibility index (Phi) is 5.94. The lowest BCUT2D eigenvalue weighted by Gasteiger charge is -2.15. The summed E-state index contributed by atoms with van der Waals surface area (Å²) in [4.78, 5) is -0.865. The van der Waals surface area contributed by atoms with Crippen LogP contribution in [0.15, 0.2) is 52.3 Å². The van der Waals surface area contributed by atoms with Gasteiger partial charge in [-0.3, -0.25) is 4.72 Å². The van der Waals surface area contributed by atoms with Crippen LogP contribution in [0.5, 0.6) is 0 Å². The van der Waals surface area contributed by atoms with Crippen molar-refractivity contribution in [2.24, 2.45) is 0 Å². The first-order valence-corrected chi connectivity index (χ1v) is 10.4. The maximum Gasteiger partial charge on any atom is 0.416 e. The molecule has 14 heteroatoms. The molecule has 0 fully saturated rings. The van der Waals surface area contributed by atoms with Gasteiger partial charge in [-0.15, -0.1) is 0 Å². The number of alkyl halides is 6. The van der Waals surface area contributed by atoms with Crippen LogP contribution in [0.2, 0.25) is 0 Å². The molecule has 0 spiro atoms. The van der Waals surface area contributed by atoms with Crippen LogP contribution in [-0.2, 0) is 32.4 Å². The number of benzene rings is 2. The van der Waals surface area contributed by atoms with Crippen molar-refractivity contribution in [1.29, 1.82) is 0 Å². The van der Waals surface area contributed by atoms with Crippen LogP contribution in [0.25, 0.3) is 0 Å². The SMILES string of the molecule is CNS(=O)(=O)c1ccc(S(=O)(=O)Nc2cc(C(F)(F)F)cc(C(F)(F)F)c2)cc1. The Morgan fingerprint density at radius 3 is 1.41 bits per heavy atom. The van der Waals surface area contributed by atoms with Gasteiger partial charge in [0.15, 0.2) is 0 Å². The summed E-state index contributed by atoms with van der Waals surface area (Å²) < 4.78 is 129. The Morgan fingerprint density at radius 2 is 1.07 bits per heavy atom. The lowest BCUT2D eigenvalue weighted by atomic mass is 10.1. The molecule has 2 rings (SSSR count). The van der Waals surface area contributed by atoms with E-state index in [1.165, 1.54) is 0 Å². The van der Waals surface area contributed by atoms with Gasteiger partial charge in [-0.25, -0.2) is 21.6 Å². The minimum atomic E-state index is -5.15. The van der Waals surface area contributed by atoms with E-state index in [2.05, 4.69) is 0 Å². The predicted molar refractivity (Wildman–Crippen MR) is 89.9 cm³/mol. The molecule has 0 aliphatic heterocycles. The number of sulfonamides is 2. The standard InChI is InChI=1S/C15H12F6N2O4S2/c1-22-28(24,25)12-2-4-13(5-3-12)29(26,27)23-11-7-9(14(16,17)18)6-10(8-11)15(19,20)21/h2-8,22-23H,1H3. The molecule has 160 valence electrons. The van der Waals surface area contributed by atoms with Gasteiger partial charge < -0.3 is 0 Å². The number of halogens is 6. The molecule has 2 aromatic rings. The normalized spacial score (nSPS) is 13.3. The van der Waals surface area contributed by atoms with Gasteiger partial charge in [-0.1, -0.05) is 0 Å². The van der Waals surface area contributed by atoms with Crippen molar-refractivity contribution in [3.63, 3.8) is 0 Å². The minimum Gasteiger partial charge on any atom is -0.280 e. The highest BCUT2D eigenvalue weighted by atomic mass is 32.2. The number of hydrogen-bond acceptors (Lipinski definition) is 4. The molecule has 0 amide bonds. The summed E-state index contributed by atoms with van der Waals surface area (Å²) in [5.74, 6) is 0. The van der Waals surface area contributed by atoms with Crippen molar-refractivity contribution in [1.82, 2.24) is 4.72 Å². The van der Waals surface area contributed by atoms with Crippen molar-refractivity contribution < 1.29 is 43.2 Å². The minimum absolute atomic E-state index is 0.144. The summed E-state index contributed by atoms with van der Waals surface area (Å²) in [6.07, 6.45) is -10.3. The van der Waals surface area contributed by atoms with E-state index >= 15 is 0 Å². The maximum atomic E-state index is 12.9. The van der Waals surface area contributed by atoms with E-state index in [1.807, 2.05) is 4.72 Å². The molecular formula is C15H12F6N2O4S2. The van der Waals surface area contributed by atoms with Crippen molar-refractivity contribution in [3.05, 3.63) is 53.6 Å². The van der Waals surface area contributed by atoms with Crippen LogP contribution in [0, 0.1) is 0 Å². The van der Waals surface area contributed by atoms with Crippen molar-refractivity contribution in [2.45, 2.75) is 22.1 Å². The van der Waals surface area contributed by atoms with E-state index in [-0.39, 0.29) is 23.1 Å². The lowest BCUT2D eigenvalue weighted by molar-refractivity contribution is -0.143. The summed E-state index contributed by atoms with van der Waals surface area (Å²) >= 11 is 0. The van der Waals surface area contributed by atoms with Crippen molar-refractivity contribution >= 4 is 25.7 Å². The largest absolute Gasteiger partial charge is 0.416 e. The Hall–Kier alpha value is -2.32. The fourth-order valence-electron chi connectivity index (χ4n) is 2.14. The van der Waals surface area contributed by atoms with E-state index in [4.69, 9.17) is 0 Å². The van der Waals surface area contributed by atoms with Crippen LogP contribution in [0.3, 0.4) is 0 Å². The molecule has 0 heterocycles. The highest BCUT2D eigenvalue weighted by Crippen LogP contribution is 2.38. The van der Waals surface area contributed by atoms with Crippen LogP contribution in [-0.4, -0.2) is 23.9 Å². The van der Waals surface area contributed by atoms with Crippen LogP contribution in [0.1, 0.15) is 11.1 Å². The molecule has 2 aromatic carbocycles. The molecular weight excluding hydrogens is 450 g/mol. The van der Waals surface area contributed by atoms with E-state index in [0.717, 1.165) is 31.3 Å². The van der Waals surface area contributed by atoms with Gasteiger partial charge in [0.1, 0.15) is 0 Å². The van der Waals surface area contributed by atoms with E-state index in [9.17, 15) is 43.2 Å². The quantitative estimate of drug-likeness (QED) is 0.666. The zero-order valence-corrected chi connectivity index (χ0v) is 15.9. The van der Waals surface area contributed by atoms with Gasteiger partial charge in [0.05, 0.1) is 26.6 Å². The van der Waals surface area contributed by atoms with E-state index in [1.54, 1.807) is 4.72 Å². The fraction of sp³-hybridized carbons (Fsp3) is 0.200. The van der Waals surface area contributed by atoms with Gasteiger partial charge in [0, 0.05) is 0 Å². The van der Waals surface area contributed by atoms with Gasteiger partial charge in [-0.2, -0.15) is 26.3 Å². The summed E-state index contributed by atoms with van der Waals surface area (Å²) in [6, 6.07) is 3.78. The molecule has 0 saturated carbocycles. The second kappa shape index (κ2) is 7.50. The molecule has 0 unspecified atom stereocenters. The lowest BCUT2D eigenvalue weighted by Crippen LogP contribution is -2.19. The van der Waals surface area contributed by atoms with Gasteiger partial charge in [0.25, 0.3) is 10.0 Å². The van der Waals surface area contributed by atoms with Gasteiger partial charge >= 0.3 is 12.4 Å². The molecule has 0 bridgehead atoms. The van der Waals surface area contributed by atoms with Crippen LogP contribution >= 0.6 is 0 Å². The summed E-state index contributed by atoms with van der Waals surface area (Å²) in [6.45, 7) is 0. The summed E-state index contributed by atoms with van der Waals surface area (Å²) in [5.41, 5.74) is -4.35. The molecule has 2 N–H and O–H groups in total. The summed E-state index contributed by atoms with van der Waals surface area (Å²) in [7, 11) is -7.37. The molecule has 0 radical (unpaired) electrons. The number of anilines is 1. The topological polar surface area (TPSA) is 92.3 Å². The first-order chi connectivity index (χ1) is 13.1. The molecule has 0 aliphatic rings. The zero-order valence-electron chi connectivity index (χ0n) is 14.3. The maximum absolute atomic E-state index is 12.9. The first kappa shape index (κ1) is 23.0. The fourth-order valence-corrected chi connectivity index (χ4v) is 3.91. The van der Waals surface area contributed by atoms with Gasteiger partial charge in [0.2, 0.25) is 10.0 Å². The van der Waals surface area contributed by atoms with Gasteiger partial charge in [-0.05, 0) is 49.5 Å². The highest BCUT2D eigenvalue weighted by Gasteiger charge is 2.37. The molecule has 29 heavy (non-hydrogen) atoms. The molecule has 6 nitrogen and oxygen atoms in total. The second-order valence-electron chi connectivity index (χ2n) is 5.58. The average molecular weight is 462 g/mol. The second-order valence-corrected chi connectivity index (χ2v) is 9.15. The third-order valence-electron chi connectivity index (χ3n) is 3.55. The third-order valence-corrected chi connectivity index (χ3v) is 6.38. The predicted octanol–water partition coefficient (Wildman–Crippen LogP) is 3.43. The van der Waals surface area contributed by atoms with Crippen molar-refractivity contribution in [2.75, 3.05) is 11.8 Å². The number of nitrogens with one attached hydrogen (secondary N) is 2. The number of rotatable bonds is 5. The molecule has 0 atom stereocenters. The van der Waals surface area contributed by atoms with Crippen LogP contribution in [0.4, 0.5) is 32.0 Å². The van der Waals surface area contributed by atoms with Crippen molar-refractivity contribution in [3.8, 4) is 0 Å². The average Bonchev–Trinajstić information content (AvgIpc) is 2.59. The number of hydrogen-bond donors (Lipinski definition) is 2. The smallest absolute Gasteiger partial charge is 0.280 e. The molecule has 0 aromatic heterocycles. The monoisotopic (exact) mass is 462 g/mol. The Bertz CT molecular complexity index is 1080. The van der Waals surface area contributed by atoms with E-state index < -0.39 is 54.1 Å². The molecule has 0 saturated heterocycles. The first-order valence-electron chi connectivity index (χ1n) is 7.42. The molecule has 0 aliphatic carbocycles. The Labute approximate surface area is 161 Å². The Balaban J connectivity index is 2.47. The van der Waals surface area contributed by atoms with E-state index in [0.29, 0.717) is 0 Å². The highest BCUT2D eigenvalue weighted by molar-refractivity contribution is 7.92. The summed E-state index contributed by atoms with van der Waals surface area (Å²) in [5, 5.41) is 0. The zero-order chi connectivity index (χ0) is 22.3. The third kappa shape index (κ3) is 5.39.